The van der Waals surface area contributed by atoms with Crippen LogP contribution in [-0.4, -0.2) is 39.2 Å². The molecule has 1 heterocycles. The maximum absolute atomic E-state index is 13.2. The molecular formula is C17H21F5O4. The Morgan fingerprint density at radius 3 is 2.08 bits per heavy atom. The van der Waals surface area contributed by atoms with Crippen molar-refractivity contribution in [2.75, 3.05) is 20.8 Å². The van der Waals surface area contributed by atoms with Crippen LogP contribution in [0.25, 0.3) is 0 Å². The average molecular weight is 384 g/mol. The standard InChI is InChI=1S/C17H21F5O4/c1-10-14(2,9-25-17(21,22)16(18,19)20)15(3,26-10)11-6-7-12(23-4)13(8-11)24-5/h6-8,10H,9H2,1-5H3. The molecule has 3 atom stereocenters. The van der Waals surface area contributed by atoms with E-state index in [9.17, 15) is 22.0 Å². The first kappa shape index (κ1) is 20.7. The highest BCUT2D eigenvalue weighted by Gasteiger charge is 2.65. The summed E-state index contributed by atoms with van der Waals surface area (Å²) in [6, 6.07) is 4.86. The van der Waals surface area contributed by atoms with Gasteiger partial charge < -0.3 is 18.9 Å². The molecule has 1 fully saturated rings. The summed E-state index contributed by atoms with van der Waals surface area (Å²) in [4.78, 5) is 0. The van der Waals surface area contributed by atoms with Crippen LogP contribution in [0.3, 0.4) is 0 Å². The maximum Gasteiger partial charge on any atom is 0.482 e. The molecule has 0 radical (unpaired) electrons. The molecule has 0 aromatic heterocycles. The second-order valence-electron chi connectivity index (χ2n) is 6.58. The average Bonchev–Trinajstić information content (AvgIpc) is 2.57. The minimum atomic E-state index is -5.78. The normalized spacial score (nSPS) is 29.2. The van der Waals surface area contributed by atoms with Gasteiger partial charge in [-0.15, -0.1) is 0 Å². The van der Waals surface area contributed by atoms with E-state index in [1.165, 1.54) is 14.2 Å². The number of hydrogen-bond donors (Lipinski definition) is 0. The predicted molar refractivity (Wildman–Crippen MR) is 82.5 cm³/mol. The maximum atomic E-state index is 13.2. The molecule has 4 nitrogen and oxygen atoms in total. The zero-order chi connectivity index (χ0) is 20.0. The van der Waals surface area contributed by atoms with Crippen molar-refractivity contribution in [3.63, 3.8) is 0 Å². The Hall–Kier alpha value is -1.61. The van der Waals surface area contributed by atoms with Crippen LogP contribution in [0.15, 0.2) is 18.2 Å². The summed E-state index contributed by atoms with van der Waals surface area (Å²) in [5.74, 6) is 0.840. The summed E-state index contributed by atoms with van der Waals surface area (Å²) >= 11 is 0. The van der Waals surface area contributed by atoms with Gasteiger partial charge in [0, 0.05) is 0 Å². The third kappa shape index (κ3) is 3.11. The molecule has 2 rings (SSSR count). The SMILES string of the molecule is COc1ccc(C2(C)OC(C)C2(C)COC(F)(F)C(F)(F)F)cc1OC. The summed E-state index contributed by atoms with van der Waals surface area (Å²) in [5.41, 5.74) is -1.72. The Balaban J connectivity index is 2.31. The van der Waals surface area contributed by atoms with Gasteiger partial charge in [0.1, 0.15) is 5.60 Å². The molecule has 1 saturated heterocycles. The molecular weight excluding hydrogens is 363 g/mol. The number of rotatable bonds is 6. The van der Waals surface area contributed by atoms with E-state index >= 15 is 0 Å². The molecule has 1 aromatic carbocycles. The lowest BCUT2D eigenvalue weighted by molar-refractivity contribution is -0.415. The fourth-order valence-electron chi connectivity index (χ4n) is 3.06. The first-order valence-electron chi connectivity index (χ1n) is 7.81. The molecule has 9 heteroatoms. The van der Waals surface area contributed by atoms with E-state index in [1.54, 1.807) is 39.0 Å². The monoisotopic (exact) mass is 384 g/mol. The van der Waals surface area contributed by atoms with Gasteiger partial charge in [0.05, 0.1) is 32.3 Å². The minimum Gasteiger partial charge on any atom is -0.493 e. The fraction of sp³-hybridized carbons (Fsp3) is 0.647. The lowest BCUT2D eigenvalue weighted by Crippen LogP contribution is -2.65. The van der Waals surface area contributed by atoms with Crippen molar-refractivity contribution in [2.45, 2.75) is 44.8 Å². The number of ether oxygens (including phenoxy) is 4. The van der Waals surface area contributed by atoms with Crippen LogP contribution in [0, 0.1) is 5.41 Å². The van der Waals surface area contributed by atoms with Crippen molar-refractivity contribution in [3.8, 4) is 11.5 Å². The molecule has 0 aliphatic carbocycles. The molecule has 0 bridgehead atoms. The van der Waals surface area contributed by atoms with E-state index in [-0.39, 0.29) is 0 Å². The van der Waals surface area contributed by atoms with Crippen molar-refractivity contribution >= 4 is 0 Å². The lowest BCUT2D eigenvalue weighted by atomic mass is 9.62. The van der Waals surface area contributed by atoms with Gasteiger partial charge in [-0.05, 0) is 31.5 Å². The van der Waals surface area contributed by atoms with Crippen molar-refractivity contribution < 1.29 is 40.9 Å². The van der Waals surface area contributed by atoms with Crippen LogP contribution in [0.4, 0.5) is 22.0 Å². The Morgan fingerprint density at radius 2 is 1.62 bits per heavy atom. The first-order chi connectivity index (χ1) is 11.8. The number of halogens is 5. The van der Waals surface area contributed by atoms with Crippen molar-refractivity contribution in [3.05, 3.63) is 23.8 Å². The largest absolute Gasteiger partial charge is 0.493 e. The molecule has 0 spiro atoms. The van der Waals surface area contributed by atoms with Crippen LogP contribution < -0.4 is 9.47 Å². The molecule has 0 saturated carbocycles. The number of alkyl halides is 5. The summed E-state index contributed by atoms with van der Waals surface area (Å²) in [6.07, 6.45) is -11.6. The second kappa shape index (κ2) is 6.53. The van der Waals surface area contributed by atoms with E-state index in [2.05, 4.69) is 4.74 Å². The van der Waals surface area contributed by atoms with Gasteiger partial charge in [0.2, 0.25) is 0 Å². The van der Waals surface area contributed by atoms with Gasteiger partial charge in [0.15, 0.2) is 11.5 Å². The van der Waals surface area contributed by atoms with E-state index in [4.69, 9.17) is 14.2 Å². The summed E-state index contributed by atoms with van der Waals surface area (Å²) in [5, 5.41) is 0. The van der Waals surface area contributed by atoms with Crippen molar-refractivity contribution in [1.29, 1.82) is 0 Å². The molecule has 1 aromatic rings. The van der Waals surface area contributed by atoms with Gasteiger partial charge in [-0.1, -0.05) is 13.0 Å². The second-order valence-corrected chi connectivity index (χ2v) is 6.58. The molecule has 148 valence electrons. The van der Waals surface area contributed by atoms with Crippen LogP contribution in [-0.2, 0) is 15.1 Å². The summed E-state index contributed by atoms with van der Waals surface area (Å²) in [7, 11) is 2.89. The Bertz CT molecular complexity index is 663. The first-order valence-corrected chi connectivity index (χ1v) is 7.81. The van der Waals surface area contributed by atoms with E-state index in [0.717, 1.165) is 0 Å². The fourth-order valence-corrected chi connectivity index (χ4v) is 3.06. The van der Waals surface area contributed by atoms with E-state index in [0.29, 0.717) is 17.1 Å². The Morgan fingerprint density at radius 1 is 1.04 bits per heavy atom. The van der Waals surface area contributed by atoms with Gasteiger partial charge in [-0.2, -0.15) is 22.0 Å². The van der Waals surface area contributed by atoms with Crippen molar-refractivity contribution in [1.82, 2.24) is 0 Å². The van der Waals surface area contributed by atoms with Crippen LogP contribution in [0.2, 0.25) is 0 Å². The smallest absolute Gasteiger partial charge is 0.482 e. The minimum absolute atomic E-state index is 0.387. The van der Waals surface area contributed by atoms with E-state index < -0.39 is 36.0 Å². The van der Waals surface area contributed by atoms with Gasteiger partial charge >= 0.3 is 12.3 Å². The topological polar surface area (TPSA) is 36.9 Å². The number of benzene rings is 1. The highest BCUT2D eigenvalue weighted by atomic mass is 19.4. The third-order valence-electron chi connectivity index (χ3n) is 5.22. The molecule has 1 aliphatic rings. The molecule has 1 aliphatic heterocycles. The Kier molecular flexibility index (Phi) is 5.19. The van der Waals surface area contributed by atoms with Gasteiger partial charge in [0.25, 0.3) is 0 Å². The number of methoxy groups -OCH3 is 2. The van der Waals surface area contributed by atoms with E-state index in [1.807, 2.05) is 0 Å². The lowest BCUT2D eigenvalue weighted by Gasteiger charge is -2.60. The quantitative estimate of drug-likeness (QED) is 0.676. The van der Waals surface area contributed by atoms with Gasteiger partial charge in [-0.25, -0.2) is 0 Å². The van der Waals surface area contributed by atoms with Crippen LogP contribution in [0.1, 0.15) is 26.3 Å². The highest BCUT2D eigenvalue weighted by molar-refractivity contribution is 5.46. The number of hydrogen-bond acceptors (Lipinski definition) is 4. The molecule has 3 unspecified atom stereocenters. The molecule has 0 N–H and O–H groups in total. The summed E-state index contributed by atoms with van der Waals surface area (Å²) < 4.78 is 83.7. The van der Waals surface area contributed by atoms with Crippen LogP contribution in [0.5, 0.6) is 11.5 Å². The van der Waals surface area contributed by atoms with Crippen molar-refractivity contribution in [2.24, 2.45) is 5.41 Å². The summed E-state index contributed by atoms with van der Waals surface area (Å²) in [6.45, 7) is 3.91. The van der Waals surface area contributed by atoms with Gasteiger partial charge in [-0.3, -0.25) is 0 Å². The zero-order valence-electron chi connectivity index (χ0n) is 15.0. The highest BCUT2D eigenvalue weighted by Crippen LogP contribution is 2.57. The molecule has 0 amide bonds. The Labute approximate surface area is 148 Å². The zero-order valence-corrected chi connectivity index (χ0v) is 15.0. The third-order valence-corrected chi connectivity index (χ3v) is 5.22. The predicted octanol–water partition coefficient (Wildman–Crippen LogP) is 4.52. The molecule has 26 heavy (non-hydrogen) atoms. The van der Waals surface area contributed by atoms with Crippen LogP contribution >= 0.6 is 0 Å².